The highest BCUT2D eigenvalue weighted by Gasteiger charge is 2.44. The van der Waals surface area contributed by atoms with Gasteiger partial charge in [0, 0.05) is 36.3 Å². The summed E-state index contributed by atoms with van der Waals surface area (Å²) in [5, 5.41) is 15.4. The van der Waals surface area contributed by atoms with Crippen molar-refractivity contribution in [3.63, 3.8) is 0 Å². The van der Waals surface area contributed by atoms with Gasteiger partial charge in [0.05, 0.1) is 18.4 Å². The minimum Gasteiger partial charge on any atom is -0.493 e. The molecule has 2 unspecified atom stereocenters. The zero-order valence-electron chi connectivity index (χ0n) is 12.4. The predicted molar refractivity (Wildman–Crippen MR) is 80.2 cm³/mol. The molecule has 2 heterocycles. The molecule has 5 heteroatoms. The monoisotopic (exact) mass is 287 g/mol. The SMILES string of the molecule is Cc1nn(C)cc1C(O)C1(CN)CCOc2ccccc21. The lowest BCUT2D eigenvalue weighted by Crippen LogP contribution is -2.45. The first-order valence-electron chi connectivity index (χ1n) is 7.19. The molecule has 0 fully saturated rings. The number of aliphatic hydroxyl groups is 1. The third kappa shape index (κ3) is 2.13. The highest BCUT2D eigenvalue weighted by Crippen LogP contribution is 2.46. The standard InChI is InChI=1S/C16H21N3O2/c1-11-12(9-19(2)18-11)15(20)16(10-17)7-8-21-14-6-4-3-5-13(14)16/h3-6,9,15,20H,7-8,10,17H2,1-2H3. The number of aliphatic hydroxyl groups excluding tert-OH is 1. The second-order valence-electron chi connectivity index (χ2n) is 5.70. The van der Waals surface area contributed by atoms with Crippen LogP contribution in [0.5, 0.6) is 5.75 Å². The molecule has 3 rings (SSSR count). The van der Waals surface area contributed by atoms with E-state index in [4.69, 9.17) is 10.5 Å². The van der Waals surface area contributed by atoms with Crippen LogP contribution < -0.4 is 10.5 Å². The van der Waals surface area contributed by atoms with Crippen LogP contribution in [0.3, 0.4) is 0 Å². The fraction of sp³-hybridized carbons (Fsp3) is 0.438. The third-order valence-corrected chi connectivity index (χ3v) is 4.46. The van der Waals surface area contributed by atoms with Gasteiger partial charge in [-0.1, -0.05) is 18.2 Å². The summed E-state index contributed by atoms with van der Waals surface area (Å²) in [5.41, 5.74) is 8.23. The van der Waals surface area contributed by atoms with Crippen molar-refractivity contribution in [2.24, 2.45) is 12.8 Å². The summed E-state index contributed by atoms with van der Waals surface area (Å²) in [5.74, 6) is 0.815. The summed E-state index contributed by atoms with van der Waals surface area (Å²) >= 11 is 0. The van der Waals surface area contributed by atoms with E-state index in [0.717, 1.165) is 22.6 Å². The Labute approximate surface area is 124 Å². The molecule has 0 radical (unpaired) electrons. The van der Waals surface area contributed by atoms with Crippen LogP contribution in [0.4, 0.5) is 0 Å². The first kappa shape index (κ1) is 14.1. The van der Waals surface area contributed by atoms with Gasteiger partial charge >= 0.3 is 0 Å². The van der Waals surface area contributed by atoms with Crippen LogP contribution in [0.1, 0.15) is 29.3 Å². The molecule has 1 aromatic carbocycles. The van der Waals surface area contributed by atoms with E-state index in [9.17, 15) is 5.11 Å². The van der Waals surface area contributed by atoms with E-state index in [-0.39, 0.29) is 0 Å². The van der Waals surface area contributed by atoms with Gasteiger partial charge in [0.1, 0.15) is 5.75 Å². The van der Waals surface area contributed by atoms with Crippen LogP contribution >= 0.6 is 0 Å². The maximum absolute atomic E-state index is 11.0. The summed E-state index contributed by atoms with van der Waals surface area (Å²) in [6.45, 7) is 2.83. The molecule has 0 bridgehead atoms. The van der Waals surface area contributed by atoms with Crippen molar-refractivity contribution in [2.75, 3.05) is 13.2 Å². The van der Waals surface area contributed by atoms with E-state index in [1.54, 1.807) is 4.68 Å². The molecule has 0 amide bonds. The number of hydrogen-bond donors (Lipinski definition) is 2. The Morgan fingerprint density at radius 2 is 2.24 bits per heavy atom. The quantitative estimate of drug-likeness (QED) is 0.896. The molecule has 5 nitrogen and oxygen atoms in total. The minimum atomic E-state index is -0.693. The Morgan fingerprint density at radius 1 is 1.48 bits per heavy atom. The fourth-order valence-electron chi connectivity index (χ4n) is 3.27. The number of aryl methyl sites for hydroxylation is 2. The molecule has 0 aliphatic carbocycles. The van der Waals surface area contributed by atoms with Gasteiger partial charge in [-0.15, -0.1) is 0 Å². The van der Waals surface area contributed by atoms with Gasteiger partial charge in [0.25, 0.3) is 0 Å². The van der Waals surface area contributed by atoms with Crippen LogP contribution in [-0.2, 0) is 12.5 Å². The molecule has 112 valence electrons. The summed E-state index contributed by atoms with van der Waals surface area (Å²) in [6, 6.07) is 7.83. The lowest BCUT2D eigenvalue weighted by atomic mass is 9.70. The summed E-state index contributed by atoms with van der Waals surface area (Å²) < 4.78 is 7.44. The number of benzene rings is 1. The topological polar surface area (TPSA) is 73.3 Å². The Kier molecular flexibility index (Phi) is 3.47. The first-order chi connectivity index (χ1) is 10.1. The lowest BCUT2D eigenvalue weighted by Gasteiger charge is -2.41. The van der Waals surface area contributed by atoms with E-state index in [2.05, 4.69) is 5.10 Å². The average Bonchev–Trinajstić information content (AvgIpc) is 2.84. The zero-order chi connectivity index (χ0) is 15.0. The Balaban J connectivity index is 2.11. The fourth-order valence-corrected chi connectivity index (χ4v) is 3.27. The van der Waals surface area contributed by atoms with E-state index in [0.29, 0.717) is 19.6 Å². The maximum Gasteiger partial charge on any atom is 0.123 e. The molecule has 0 saturated heterocycles. The number of ether oxygens (including phenoxy) is 1. The molecule has 2 atom stereocenters. The Hall–Kier alpha value is -1.85. The van der Waals surface area contributed by atoms with Gasteiger partial charge in [-0.2, -0.15) is 5.10 Å². The molecule has 1 aliphatic rings. The van der Waals surface area contributed by atoms with E-state index in [1.165, 1.54) is 0 Å². The number of hydrogen-bond acceptors (Lipinski definition) is 4. The molecule has 21 heavy (non-hydrogen) atoms. The summed E-state index contributed by atoms with van der Waals surface area (Å²) in [7, 11) is 1.86. The van der Waals surface area contributed by atoms with Crippen LogP contribution in [0.2, 0.25) is 0 Å². The van der Waals surface area contributed by atoms with Crippen LogP contribution in [-0.4, -0.2) is 28.0 Å². The van der Waals surface area contributed by atoms with E-state index in [1.807, 2.05) is 44.4 Å². The Morgan fingerprint density at radius 3 is 2.90 bits per heavy atom. The number of aromatic nitrogens is 2. The van der Waals surface area contributed by atoms with Gasteiger partial charge in [0.15, 0.2) is 0 Å². The van der Waals surface area contributed by atoms with Crippen LogP contribution in [0.25, 0.3) is 0 Å². The van der Waals surface area contributed by atoms with Crippen molar-refractivity contribution in [3.05, 3.63) is 47.3 Å². The summed E-state index contributed by atoms with van der Waals surface area (Å²) in [6.07, 6.45) is 1.87. The number of rotatable bonds is 3. The van der Waals surface area contributed by atoms with Crippen molar-refractivity contribution < 1.29 is 9.84 Å². The largest absolute Gasteiger partial charge is 0.493 e. The van der Waals surface area contributed by atoms with Crippen molar-refractivity contribution in [3.8, 4) is 5.75 Å². The van der Waals surface area contributed by atoms with Gasteiger partial charge in [0.2, 0.25) is 0 Å². The highest BCUT2D eigenvalue weighted by molar-refractivity contribution is 5.44. The van der Waals surface area contributed by atoms with Crippen LogP contribution in [0.15, 0.2) is 30.5 Å². The first-order valence-corrected chi connectivity index (χ1v) is 7.19. The average molecular weight is 287 g/mol. The Bertz CT molecular complexity index is 653. The number of para-hydroxylation sites is 1. The van der Waals surface area contributed by atoms with Crippen molar-refractivity contribution in [1.29, 1.82) is 0 Å². The lowest BCUT2D eigenvalue weighted by molar-refractivity contribution is 0.0530. The second-order valence-corrected chi connectivity index (χ2v) is 5.70. The normalized spacial score (nSPS) is 22.5. The van der Waals surface area contributed by atoms with Crippen molar-refractivity contribution in [2.45, 2.75) is 24.9 Å². The minimum absolute atomic E-state index is 0.364. The van der Waals surface area contributed by atoms with E-state index >= 15 is 0 Å². The van der Waals surface area contributed by atoms with Crippen molar-refractivity contribution >= 4 is 0 Å². The smallest absolute Gasteiger partial charge is 0.123 e. The molecule has 0 saturated carbocycles. The second kappa shape index (κ2) is 5.16. The number of fused-ring (bicyclic) bond motifs is 1. The van der Waals surface area contributed by atoms with Gasteiger partial charge in [-0.05, 0) is 19.4 Å². The van der Waals surface area contributed by atoms with Gasteiger partial charge in [-0.25, -0.2) is 0 Å². The molecule has 3 N–H and O–H groups in total. The highest BCUT2D eigenvalue weighted by atomic mass is 16.5. The van der Waals surface area contributed by atoms with Gasteiger partial charge < -0.3 is 15.6 Å². The third-order valence-electron chi connectivity index (χ3n) is 4.46. The predicted octanol–water partition coefficient (Wildman–Crippen LogP) is 1.44. The zero-order valence-corrected chi connectivity index (χ0v) is 12.4. The molecule has 2 aromatic rings. The molecule has 1 aromatic heterocycles. The molecule has 0 spiro atoms. The summed E-state index contributed by atoms with van der Waals surface area (Å²) in [4.78, 5) is 0. The maximum atomic E-state index is 11.0. The molecule has 1 aliphatic heterocycles. The van der Waals surface area contributed by atoms with Crippen molar-refractivity contribution in [1.82, 2.24) is 9.78 Å². The molecular weight excluding hydrogens is 266 g/mol. The van der Waals surface area contributed by atoms with E-state index < -0.39 is 11.5 Å². The van der Waals surface area contributed by atoms with Crippen LogP contribution in [0, 0.1) is 6.92 Å². The van der Waals surface area contributed by atoms with Gasteiger partial charge in [-0.3, -0.25) is 4.68 Å². The number of nitrogens with zero attached hydrogens (tertiary/aromatic N) is 2. The molecular formula is C16H21N3O2. The number of nitrogens with two attached hydrogens (primary N) is 1.